The summed E-state index contributed by atoms with van der Waals surface area (Å²) in [6.07, 6.45) is 3.82. The molecule has 1 rings (SSSR count). The molecule has 1 heterocycles. The van der Waals surface area contributed by atoms with Gasteiger partial charge in [0.25, 0.3) is 0 Å². The van der Waals surface area contributed by atoms with Crippen LogP contribution < -0.4 is 5.32 Å². The summed E-state index contributed by atoms with van der Waals surface area (Å²) in [5.41, 5.74) is 0. The molecule has 0 radical (unpaired) electrons. The molecule has 0 saturated carbocycles. The second kappa shape index (κ2) is 6.80. The van der Waals surface area contributed by atoms with Gasteiger partial charge in [-0.1, -0.05) is 6.42 Å². The lowest BCUT2D eigenvalue weighted by Crippen LogP contribution is -2.46. The number of esters is 1. The summed E-state index contributed by atoms with van der Waals surface area (Å²) in [7, 11) is 1.81. The van der Waals surface area contributed by atoms with E-state index >= 15 is 0 Å². The van der Waals surface area contributed by atoms with E-state index in [4.69, 9.17) is 4.74 Å². The van der Waals surface area contributed by atoms with Crippen LogP contribution in [0.15, 0.2) is 0 Å². The van der Waals surface area contributed by atoms with Crippen molar-refractivity contribution in [3.05, 3.63) is 0 Å². The Hall–Kier alpha value is -0.610. The molecule has 0 bridgehead atoms. The third kappa shape index (κ3) is 4.18. The number of piperidine rings is 1. The lowest BCUT2D eigenvalue weighted by molar-refractivity contribution is -0.146. The molecular formula is C11H22N2O2. The molecule has 1 atom stereocenters. The Morgan fingerprint density at radius 3 is 2.60 bits per heavy atom. The number of nitrogens with one attached hydrogen (secondary N) is 1. The van der Waals surface area contributed by atoms with Crippen molar-refractivity contribution in [2.45, 2.75) is 32.2 Å². The minimum atomic E-state index is -0.178. The molecule has 1 aliphatic rings. The summed E-state index contributed by atoms with van der Waals surface area (Å²) in [6.45, 7) is 5.28. The number of ether oxygens (including phenoxy) is 1. The van der Waals surface area contributed by atoms with Gasteiger partial charge >= 0.3 is 5.97 Å². The van der Waals surface area contributed by atoms with Crippen molar-refractivity contribution in [3.63, 3.8) is 0 Å². The third-order valence-electron chi connectivity index (χ3n) is 2.81. The van der Waals surface area contributed by atoms with Gasteiger partial charge in [-0.3, -0.25) is 4.79 Å². The van der Waals surface area contributed by atoms with Crippen LogP contribution in [0.25, 0.3) is 0 Å². The molecular weight excluding hydrogens is 192 g/mol. The standard InChI is InChI=1S/C11H22N2O2/c1-3-15-11(14)10(12-2)9-13-7-5-4-6-8-13/h10,12H,3-9H2,1-2H3. The van der Waals surface area contributed by atoms with Gasteiger partial charge < -0.3 is 15.0 Å². The van der Waals surface area contributed by atoms with Crippen LogP contribution in [-0.2, 0) is 9.53 Å². The van der Waals surface area contributed by atoms with E-state index in [0.29, 0.717) is 6.61 Å². The van der Waals surface area contributed by atoms with Crippen LogP contribution in [0.1, 0.15) is 26.2 Å². The predicted octanol–water partition coefficient (Wildman–Crippen LogP) is 0.623. The Balaban J connectivity index is 2.34. The van der Waals surface area contributed by atoms with Gasteiger partial charge in [-0.05, 0) is 39.9 Å². The summed E-state index contributed by atoms with van der Waals surface area (Å²) in [6, 6.07) is -0.178. The molecule has 1 fully saturated rings. The number of likely N-dealkylation sites (tertiary alicyclic amines) is 1. The highest BCUT2D eigenvalue weighted by molar-refractivity contribution is 5.76. The number of carbonyl (C=O) groups excluding carboxylic acids is 1. The summed E-state index contributed by atoms with van der Waals surface area (Å²) in [5.74, 6) is -0.134. The maximum absolute atomic E-state index is 11.5. The summed E-state index contributed by atoms with van der Waals surface area (Å²) in [5, 5.41) is 3.02. The highest BCUT2D eigenvalue weighted by atomic mass is 16.5. The molecule has 88 valence electrons. The Labute approximate surface area is 92.0 Å². The van der Waals surface area contributed by atoms with Crippen molar-refractivity contribution in [3.8, 4) is 0 Å². The quantitative estimate of drug-likeness (QED) is 0.681. The van der Waals surface area contributed by atoms with Gasteiger partial charge in [0.05, 0.1) is 6.61 Å². The van der Waals surface area contributed by atoms with Crippen molar-refractivity contribution in [1.29, 1.82) is 0 Å². The number of nitrogens with zero attached hydrogens (tertiary/aromatic N) is 1. The van der Waals surface area contributed by atoms with Crippen molar-refractivity contribution >= 4 is 5.97 Å². The van der Waals surface area contributed by atoms with Crippen molar-refractivity contribution in [1.82, 2.24) is 10.2 Å². The molecule has 15 heavy (non-hydrogen) atoms. The van der Waals surface area contributed by atoms with Crippen molar-refractivity contribution in [2.75, 3.05) is 33.3 Å². The first-order valence-electron chi connectivity index (χ1n) is 5.84. The SMILES string of the molecule is CCOC(=O)C(CN1CCCCC1)NC. The molecule has 0 amide bonds. The van der Waals surface area contributed by atoms with Crippen molar-refractivity contribution in [2.24, 2.45) is 0 Å². The van der Waals surface area contributed by atoms with Gasteiger partial charge in [0.15, 0.2) is 0 Å². The van der Waals surface area contributed by atoms with Crippen LogP contribution in [0, 0.1) is 0 Å². The largest absolute Gasteiger partial charge is 0.465 e. The Kier molecular flexibility index (Phi) is 5.65. The molecule has 1 aliphatic heterocycles. The molecule has 4 heteroatoms. The molecule has 0 aromatic carbocycles. The second-order valence-electron chi connectivity index (χ2n) is 3.95. The highest BCUT2D eigenvalue weighted by Crippen LogP contribution is 2.09. The van der Waals surface area contributed by atoms with Gasteiger partial charge in [0.2, 0.25) is 0 Å². The van der Waals surface area contributed by atoms with Gasteiger partial charge in [-0.15, -0.1) is 0 Å². The minimum absolute atomic E-state index is 0.134. The normalized spacial score (nSPS) is 19.9. The molecule has 0 spiro atoms. The van der Waals surface area contributed by atoms with Crippen LogP contribution in [0.3, 0.4) is 0 Å². The lowest BCUT2D eigenvalue weighted by atomic mass is 10.1. The van der Waals surface area contributed by atoms with Crippen LogP contribution in [0.5, 0.6) is 0 Å². The summed E-state index contributed by atoms with van der Waals surface area (Å²) < 4.78 is 5.01. The molecule has 0 aliphatic carbocycles. The van der Waals surface area contributed by atoms with Crippen LogP contribution in [0.4, 0.5) is 0 Å². The zero-order valence-electron chi connectivity index (χ0n) is 9.79. The van der Waals surface area contributed by atoms with Crippen molar-refractivity contribution < 1.29 is 9.53 Å². The van der Waals surface area contributed by atoms with Gasteiger partial charge in [0.1, 0.15) is 6.04 Å². The summed E-state index contributed by atoms with van der Waals surface area (Å²) in [4.78, 5) is 13.9. The van der Waals surface area contributed by atoms with E-state index in [1.165, 1.54) is 19.3 Å². The Bertz CT molecular complexity index is 191. The van der Waals surface area contributed by atoms with E-state index in [1.54, 1.807) is 0 Å². The van der Waals surface area contributed by atoms with Crippen LogP contribution >= 0.6 is 0 Å². The van der Waals surface area contributed by atoms with Gasteiger partial charge in [0, 0.05) is 6.54 Å². The molecule has 4 nitrogen and oxygen atoms in total. The average molecular weight is 214 g/mol. The zero-order chi connectivity index (χ0) is 11.1. The molecule has 0 aromatic rings. The Morgan fingerprint density at radius 1 is 1.40 bits per heavy atom. The number of hydrogen-bond donors (Lipinski definition) is 1. The monoisotopic (exact) mass is 214 g/mol. The average Bonchev–Trinajstić information content (AvgIpc) is 2.27. The number of carbonyl (C=O) groups is 1. The zero-order valence-corrected chi connectivity index (χ0v) is 9.79. The molecule has 1 N–H and O–H groups in total. The maximum atomic E-state index is 11.5. The lowest BCUT2D eigenvalue weighted by Gasteiger charge is -2.29. The first-order valence-corrected chi connectivity index (χ1v) is 5.84. The molecule has 0 aromatic heterocycles. The Morgan fingerprint density at radius 2 is 2.07 bits per heavy atom. The van der Waals surface area contributed by atoms with Gasteiger partial charge in [-0.2, -0.15) is 0 Å². The number of hydrogen-bond acceptors (Lipinski definition) is 4. The first-order chi connectivity index (χ1) is 7.27. The summed E-state index contributed by atoms with van der Waals surface area (Å²) >= 11 is 0. The number of rotatable bonds is 5. The highest BCUT2D eigenvalue weighted by Gasteiger charge is 2.21. The second-order valence-corrected chi connectivity index (χ2v) is 3.95. The van der Waals surface area contributed by atoms with E-state index in [0.717, 1.165) is 19.6 Å². The molecule has 1 unspecified atom stereocenters. The smallest absolute Gasteiger partial charge is 0.324 e. The van der Waals surface area contributed by atoms with E-state index in [-0.39, 0.29) is 12.0 Å². The topological polar surface area (TPSA) is 41.6 Å². The molecule has 1 saturated heterocycles. The fourth-order valence-electron chi connectivity index (χ4n) is 1.93. The first kappa shape index (κ1) is 12.5. The maximum Gasteiger partial charge on any atom is 0.324 e. The van der Waals surface area contributed by atoms with Gasteiger partial charge in [-0.25, -0.2) is 0 Å². The van der Waals surface area contributed by atoms with Crippen LogP contribution in [-0.4, -0.2) is 50.2 Å². The van der Waals surface area contributed by atoms with E-state index < -0.39 is 0 Å². The van der Waals surface area contributed by atoms with E-state index in [9.17, 15) is 4.79 Å². The van der Waals surface area contributed by atoms with E-state index in [2.05, 4.69) is 10.2 Å². The predicted molar refractivity (Wildman–Crippen MR) is 59.8 cm³/mol. The minimum Gasteiger partial charge on any atom is -0.465 e. The van der Waals surface area contributed by atoms with E-state index in [1.807, 2.05) is 14.0 Å². The fourth-order valence-corrected chi connectivity index (χ4v) is 1.93. The van der Waals surface area contributed by atoms with Crippen LogP contribution in [0.2, 0.25) is 0 Å². The number of likely N-dealkylation sites (N-methyl/N-ethyl adjacent to an activating group) is 1. The fraction of sp³-hybridized carbons (Fsp3) is 0.909. The third-order valence-corrected chi connectivity index (χ3v) is 2.81.